The summed E-state index contributed by atoms with van der Waals surface area (Å²) in [5.74, 6) is -0.944. The van der Waals surface area contributed by atoms with E-state index in [1.54, 1.807) is 0 Å². The molecule has 0 aliphatic rings. The molecular weight excluding hydrogens is 151 g/mol. The van der Waals surface area contributed by atoms with Crippen LogP contribution >= 0.6 is 0 Å². The molecule has 0 aliphatic carbocycles. The normalized spacial score (nSPS) is 9.18. The first kappa shape index (κ1) is 9.87. The topological polar surface area (TPSA) is 72.2 Å². The highest BCUT2D eigenvalue weighted by Gasteiger charge is 2.00. The van der Waals surface area contributed by atoms with Gasteiger partial charge in [0.2, 0.25) is 11.8 Å². The molecule has 0 fully saturated rings. The summed E-state index contributed by atoms with van der Waals surface area (Å²) in [5.41, 5.74) is 4.74. The van der Waals surface area contributed by atoms with E-state index in [-0.39, 0.29) is 25.3 Å². The first-order chi connectivity index (χ1) is 5.16. The van der Waals surface area contributed by atoms with Gasteiger partial charge in [0.15, 0.2) is 0 Å². The summed E-state index contributed by atoms with van der Waals surface area (Å²) in [7, 11) is 0. The van der Waals surface area contributed by atoms with E-state index in [1.807, 2.05) is 0 Å². The molecule has 5 heteroatoms. The average Bonchev–Trinajstić information content (AvgIpc) is 1.97. The monoisotopic (exact) mass is 162 g/mol. The Morgan fingerprint density at radius 3 is 2.55 bits per heavy atom. The van der Waals surface area contributed by atoms with Gasteiger partial charge in [-0.25, -0.2) is 0 Å². The largest absolute Gasteiger partial charge is 0.368 e. The molecule has 64 valence electrons. The highest BCUT2D eigenvalue weighted by Crippen LogP contribution is 1.87. The van der Waals surface area contributed by atoms with Crippen LogP contribution in [0.25, 0.3) is 0 Å². The fraction of sp³-hybridized carbons (Fsp3) is 0.667. The van der Waals surface area contributed by atoms with Crippen LogP contribution in [0.2, 0.25) is 0 Å². The molecule has 0 aliphatic heterocycles. The number of amides is 2. The van der Waals surface area contributed by atoms with Gasteiger partial charge >= 0.3 is 0 Å². The fourth-order valence-electron chi connectivity index (χ4n) is 0.501. The number of rotatable bonds is 5. The summed E-state index contributed by atoms with van der Waals surface area (Å²) in [6.45, 7) is -0.699. The molecule has 0 aromatic rings. The smallest absolute Gasteiger partial charge is 0.236 e. The predicted octanol–water partition coefficient (Wildman–Crippen LogP) is -0.662. The van der Waals surface area contributed by atoms with Gasteiger partial charge in [-0.15, -0.1) is 0 Å². The van der Waals surface area contributed by atoms with Crippen molar-refractivity contribution >= 4 is 11.8 Å². The Morgan fingerprint density at radius 1 is 1.45 bits per heavy atom. The Morgan fingerprint density at radius 2 is 2.09 bits per heavy atom. The molecule has 0 aromatic carbocycles. The molecule has 11 heavy (non-hydrogen) atoms. The minimum atomic E-state index is -0.599. The standard InChI is InChI=1S/C6H11FN2O2/c7-3-1-2-6(11)9-4-5(8)10/h1-4H2,(H2,8,10)(H,9,11). The number of hydrogen-bond acceptors (Lipinski definition) is 2. The molecule has 0 rings (SSSR count). The van der Waals surface area contributed by atoms with E-state index in [9.17, 15) is 14.0 Å². The van der Waals surface area contributed by atoms with Crippen LogP contribution in [-0.2, 0) is 9.59 Å². The van der Waals surface area contributed by atoms with E-state index in [0.29, 0.717) is 0 Å². The molecule has 0 spiro atoms. The molecule has 0 saturated carbocycles. The number of halogens is 1. The lowest BCUT2D eigenvalue weighted by Crippen LogP contribution is -2.33. The number of primary amides is 1. The van der Waals surface area contributed by atoms with Gasteiger partial charge < -0.3 is 11.1 Å². The second-order valence-electron chi connectivity index (χ2n) is 2.04. The van der Waals surface area contributed by atoms with E-state index in [4.69, 9.17) is 5.73 Å². The van der Waals surface area contributed by atoms with Crippen LogP contribution in [0.1, 0.15) is 12.8 Å². The quantitative estimate of drug-likeness (QED) is 0.563. The zero-order chi connectivity index (χ0) is 8.69. The summed E-state index contributed by atoms with van der Waals surface area (Å²) >= 11 is 0. The van der Waals surface area contributed by atoms with Crippen LogP contribution in [0.5, 0.6) is 0 Å². The highest BCUT2D eigenvalue weighted by molar-refractivity contribution is 5.83. The van der Waals surface area contributed by atoms with Crippen molar-refractivity contribution in [2.75, 3.05) is 13.2 Å². The SMILES string of the molecule is NC(=O)CNC(=O)CCCF. The van der Waals surface area contributed by atoms with E-state index >= 15 is 0 Å². The molecule has 0 radical (unpaired) electrons. The van der Waals surface area contributed by atoms with Gasteiger partial charge in [-0.2, -0.15) is 0 Å². The Bertz CT molecular complexity index is 150. The number of nitrogens with two attached hydrogens (primary N) is 1. The summed E-state index contributed by atoms with van der Waals surface area (Å²) < 4.78 is 11.5. The molecule has 4 nitrogen and oxygen atoms in total. The van der Waals surface area contributed by atoms with Crippen molar-refractivity contribution in [3.63, 3.8) is 0 Å². The zero-order valence-electron chi connectivity index (χ0n) is 6.10. The summed E-state index contributed by atoms with van der Waals surface area (Å²) in [5, 5.41) is 2.24. The molecule has 0 atom stereocenters. The van der Waals surface area contributed by atoms with Crippen LogP contribution in [-0.4, -0.2) is 25.0 Å². The number of nitrogens with one attached hydrogen (secondary N) is 1. The maximum atomic E-state index is 11.5. The minimum absolute atomic E-state index is 0.101. The van der Waals surface area contributed by atoms with Crippen LogP contribution in [0.4, 0.5) is 4.39 Å². The first-order valence-corrected chi connectivity index (χ1v) is 3.27. The van der Waals surface area contributed by atoms with E-state index < -0.39 is 12.6 Å². The van der Waals surface area contributed by atoms with Crippen LogP contribution in [0.3, 0.4) is 0 Å². The number of alkyl halides is 1. The third-order valence-electron chi connectivity index (χ3n) is 0.997. The number of carbonyl (C=O) groups is 2. The third kappa shape index (κ3) is 6.76. The average molecular weight is 162 g/mol. The van der Waals surface area contributed by atoms with Crippen molar-refractivity contribution in [1.82, 2.24) is 5.32 Å². The maximum absolute atomic E-state index is 11.5. The Kier molecular flexibility index (Phi) is 5.06. The van der Waals surface area contributed by atoms with Crippen molar-refractivity contribution in [1.29, 1.82) is 0 Å². The summed E-state index contributed by atoms with van der Waals surface area (Å²) in [4.78, 5) is 20.7. The van der Waals surface area contributed by atoms with Crippen molar-refractivity contribution in [3.8, 4) is 0 Å². The zero-order valence-corrected chi connectivity index (χ0v) is 6.10. The van der Waals surface area contributed by atoms with E-state index in [1.165, 1.54) is 0 Å². The summed E-state index contributed by atoms with van der Waals surface area (Å²) in [6.07, 6.45) is 0.286. The van der Waals surface area contributed by atoms with Gasteiger partial charge in [0.05, 0.1) is 13.2 Å². The van der Waals surface area contributed by atoms with Gasteiger partial charge in [0, 0.05) is 6.42 Å². The van der Waals surface area contributed by atoms with Gasteiger partial charge in [-0.3, -0.25) is 14.0 Å². The lowest BCUT2D eigenvalue weighted by molar-refractivity contribution is -0.124. The molecule has 3 N–H and O–H groups in total. The molecule has 2 amide bonds. The third-order valence-corrected chi connectivity index (χ3v) is 0.997. The molecule has 0 aromatic heterocycles. The van der Waals surface area contributed by atoms with Crippen LogP contribution in [0, 0.1) is 0 Å². The van der Waals surface area contributed by atoms with Crippen LogP contribution in [0.15, 0.2) is 0 Å². The number of hydrogen-bond donors (Lipinski definition) is 2. The first-order valence-electron chi connectivity index (χ1n) is 3.27. The van der Waals surface area contributed by atoms with Gasteiger partial charge in [-0.05, 0) is 6.42 Å². The van der Waals surface area contributed by atoms with E-state index in [0.717, 1.165) is 0 Å². The second-order valence-corrected chi connectivity index (χ2v) is 2.04. The van der Waals surface area contributed by atoms with Gasteiger partial charge in [0.25, 0.3) is 0 Å². The maximum Gasteiger partial charge on any atom is 0.236 e. The fourth-order valence-corrected chi connectivity index (χ4v) is 0.501. The van der Waals surface area contributed by atoms with Crippen molar-refractivity contribution in [2.45, 2.75) is 12.8 Å². The molecule has 0 unspecified atom stereocenters. The molecular formula is C6H11FN2O2. The van der Waals surface area contributed by atoms with Crippen LogP contribution < -0.4 is 11.1 Å². The van der Waals surface area contributed by atoms with Crippen molar-refractivity contribution in [2.24, 2.45) is 5.73 Å². The Labute approximate surface area is 63.9 Å². The van der Waals surface area contributed by atoms with Crippen molar-refractivity contribution in [3.05, 3.63) is 0 Å². The lowest BCUT2D eigenvalue weighted by Gasteiger charge is -1.99. The predicted molar refractivity (Wildman–Crippen MR) is 37.4 cm³/mol. The lowest BCUT2D eigenvalue weighted by atomic mass is 10.3. The summed E-state index contributed by atoms with van der Waals surface area (Å²) in [6, 6.07) is 0. The van der Waals surface area contributed by atoms with Gasteiger partial charge in [-0.1, -0.05) is 0 Å². The Balaban J connectivity index is 3.30. The molecule has 0 saturated heterocycles. The highest BCUT2D eigenvalue weighted by atomic mass is 19.1. The van der Waals surface area contributed by atoms with Gasteiger partial charge in [0.1, 0.15) is 0 Å². The van der Waals surface area contributed by atoms with Crippen molar-refractivity contribution < 1.29 is 14.0 Å². The minimum Gasteiger partial charge on any atom is -0.368 e. The number of carbonyl (C=O) groups excluding carboxylic acids is 2. The Hall–Kier alpha value is -1.13. The van der Waals surface area contributed by atoms with E-state index in [2.05, 4.69) is 5.32 Å². The second kappa shape index (κ2) is 5.64. The molecule has 0 heterocycles. The molecule has 0 bridgehead atoms.